The zero-order chi connectivity index (χ0) is 10.2. The van der Waals surface area contributed by atoms with Gasteiger partial charge in [0.1, 0.15) is 5.75 Å². The van der Waals surface area contributed by atoms with Gasteiger partial charge in [0.05, 0.1) is 5.02 Å². The molecular weight excluding hydrogens is 251 g/mol. The van der Waals surface area contributed by atoms with Gasteiger partial charge >= 0.3 is 0 Å². The van der Waals surface area contributed by atoms with Crippen molar-refractivity contribution >= 4 is 27.5 Å². The van der Waals surface area contributed by atoms with E-state index in [0.717, 1.165) is 10.0 Å². The molecule has 0 saturated carbocycles. The van der Waals surface area contributed by atoms with Gasteiger partial charge in [0.2, 0.25) is 0 Å². The molecule has 3 heteroatoms. The van der Waals surface area contributed by atoms with Gasteiger partial charge < -0.3 is 5.11 Å². The van der Waals surface area contributed by atoms with Crippen molar-refractivity contribution in [3.05, 3.63) is 27.2 Å². The Kier molecular flexibility index (Phi) is 2.93. The van der Waals surface area contributed by atoms with E-state index in [2.05, 4.69) is 36.7 Å². The van der Waals surface area contributed by atoms with E-state index in [-0.39, 0.29) is 11.2 Å². The molecule has 13 heavy (non-hydrogen) atoms. The minimum atomic E-state index is 0.0240. The molecule has 1 N–H and O–H groups in total. The molecule has 0 heterocycles. The molecule has 1 aromatic carbocycles. The number of hydrogen-bond donors (Lipinski definition) is 1. The molecule has 0 aliphatic carbocycles. The minimum absolute atomic E-state index is 0.0240. The van der Waals surface area contributed by atoms with E-state index in [1.54, 1.807) is 6.07 Å². The summed E-state index contributed by atoms with van der Waals surface area (Å²) in [5, 5.41) is 9.71. The van der Waals surface area contributed by atoms with Gasteiger partial charge in [-0.05, 0) is 33.0 Å². The molecule has 0 amide bonds. The van der Waals surface area contributed by atoms with Crippen molar-refractivity contribution in [3.63, 3.8) is 0 Å². The van der Waals surface area contributed by atoms with Crippen LogP contribution in [0.2, 0.25) is 5.02 Å². The van der Waals surface area contributed by atoms with Crippen LogP contribution in [0.5, 0.6) is 5.75 Å². The second-order valence-corrected chi connectivity index (χ2v) is 5.18. The number of phenolic OH excluding ortho intramolecular Hbond substituents is 1. The molecular formula is C10H12BrClO. The van der Waals surface area contributed by atoms with Gasteiger partial charge in [-0.3, -0.25) is 0 Å². The molecule has 0 saturated heterocycles. The number of halogens is 2. The van der Waals surface area contributed by atoms with E-state index in [1.165, 1.54) is 0 Å². The zero-order valence-electron chi connectivity index (χ0n) is 7.86. The van der Waals surface area contributed by atoms with Crippen LogP contribution in [0.25, 0.3) is 0 Å². The number of phenols is 1. The minimum Gasteiger partial charge on any atom is -0.506 e. The van der Waals surface area contributed by atoms with Crippen molar-refractivity contribution in [3.8, 4) is 5.75 Å². The first-order chi connectivity index (χ1) is 5.84. The molecule has 0 atom stereocenters. The Bertz CT molecular complexity index is 328. The lowest BCUT2D eigenvalue weighted by Crippen LogP contribution is -2.11. The Hall–Kier alpha value is -0.210. The molecule has 0 aliphatic heterocycles. The van der Waals surface area contributed by atoms with Crippen molar-refractivity contribution in [2.75, 3.05) is 0 Å². The fraction of sp³-hybridized carbons (Fsp3) is 0.400. The molecule has 0 spiro atoms. The largest absolute Gasteiger partial charge is 0.506 e. The van der Waals surface area contributed by atoms with Gasteiger partial charge in [-0.2, -0.15) is 0 Å². The van der Waals surface area contributed by atoms with E-state index in [1.807, 2.05) is 6.07 Å². The highest BCUT2D eigenvalue weighted by atomic mass is 79.9. The summed E-state index contributed by atoms with van der Waals surface area (Å²) in [6.45, 7) is 6.29. The molecule has 0 aromatic heterocycles. The van der Waals surface area contributed by atoms with E-state index in [0.29, 0.717) is 5.02 Å². The van der Waals surface area contributed by atoms with Crippen molar-refractivity contribution in [2.45, 2.75) is 26.2 Å². The molecule has 0 aliphatic rings. The normalized spacial score (nSPS) is 11.8. The summed E-state index contributed by atoms with van der Waals surface area (Å²) < 4.78 is 0.779. The van der Waals surface area contributed by atoms with E-state index in [4.69, 9.17) is 11.6 Å². The molecule has 0 bridgehead atoms. The van der Waals surface area contributed by atoms with Crippen LogP contribution < -0.4 is 0 Å². The van der Waals surface area contributed by atoms with Crippen LogP contribution in [0.15, 0.2) is 16.6 Å². The van der Waals surface area contributed by atoms with E-state index < -0.39 is 0 Å². The van der Waals surface area contributed by atoms with Crippen LogP contribution >= 0.6 is 27.5 Å². The van der Waals surface area contributed by atoms with Crippen LogP contribution in [0, 0.1) is 0 Å². The average molecular weight is 264 g/mol. The second kappa shape index (κ2) is 3.50. The van der Waals surface area contributed by atoms with Gasteiger partial charge in [-0.15, -0.1) is 0 Å². The van der Waals surface area contributed by atoms with Gasteiger partial charge in [0.15, 0.2) is 0 Å². The predicted octanol–water partition coefficient (Wildman–Crippen LogP) is 4.11. The lowest BCUT2D eigenvalue weighted by molar-refractivity contribution is 0.473. The maximum Gasteiger partial charge on any atom is 0.135 e. The van der Waals surface area contributed by atoms with Crippen molar-refractivity contribution < 1.29 is 5.11 Å². The molecule has 0 fully saturated rings. The Morgan fingerprint density at radius 2 is 1.85 bits per heavy atom. The fourth-order valence-corrected chi connectivity index (χ4v) is 2.21. The van der Waals surface area contributed by atoms with E-state index >= 15 is 0 Å². The standard InChI is InChI=1S/C10H12BrClO/c1-10(2,3)6-4-5-7(13)9(12)8(6)11/h4-5,13H,1-3H3. The molecule has 0 radical (unpaired) electrons. The van der Waals surface area contributed by atoms with Crippen LogP contribution in [0.1, 0.15) is 26.3 Å². The number of benzene rings is 1. The first-order valence-electron chi connectivity index (χ1n) is 4.01. The summed E-state index contributed by atoms with van der Waals surface area (Å²) in [5.41, 5.74) is 1.12. The van der Waals surface area contributed by atoms with Gasteiger partial charge in [0, 0.05) is 4.47 Å². The van der Waals surface area contributed by atoms with Gasteiger partial charge in [0.25, 0.3) is 0 Å². The van der Waals surface area contributed by atoms with Crippen molar-refractivity contribution in [2.24, 2.45) is 0 Å². The first-order valence-corrected chi connectivity index (χ1v) is 5.18. The lowest BCUT2D eigenvalue weighted by Gasteiger charge is -2.21. The lowest BCUT2D eigenvalue weighted by atomic mass is 9.87. The summed E-state index contributed by atoms with van der Waals surface area (Å²) in [5.74, 6) is 0.113. The Morgan fingerprint density at radius 3 is 2.31 bits per heavy atom. The topological polar surface area (TPSA) is 20.2 Å². The van der Waals surface area contributed by atoms with Crippen molar-refractivity contribution in [1.29, 1.82) is 0 Å². The zero-order valence-corrected chi connectivity index (χ0v) is 10.2. The third-order valence-corrected chi connectivity index (χ3v) is 3.30. The van der Waals surface area contributed by atoms with E-state index in [9.17, 15) is 5.11 Å². The van der Waals surface area contributed by atoms with Crippen LogP contribution in [0.4, 0.5) is 0 Å². The quantitative estimate of drug-likeness (QED) is 0.747. The summed E-state index contributed by atoms with van der Waals surface area (Å²) in [6.07, 6.45) is 0. The molecule has 1 aromatic rings. The van der Waals surface area contributed by atoms with Crippen LogP contribution in [-0.2, 0) is 5.41 Å². The molecule has 72 valence electrons. The SMILES string of the molecule is CC(C)(C)c1ccc(O)c(Cl)c1Br. The number of aromatic hydroxyl groups is 1. The maximum atomic E-state index is 9.33. The van der Waals surface area contributed by atoms with Gasteiger partial charge in [-0.1, -0.05) is 38.4 Å². The summed E-state index contributed by atoms with van der Waals surface area (Å²) in [7, 11) is 0. The smallest absolute Gasteiger partial charge is 0.135 e. The highest BCUT2D eigenvalue weighted by Crippen LogP contribution is 2.39. The Labute approximate surface area is 91.9 Å². The second-order valence-electron chi connectivity index (χ2n) is 4.01. The highest BCUT2D eigenvalue weighted by molar-refractivity contribution is 9.10. The third-order valence-electron chi connectivity index (χ3n) is 1.87. The number of rotatable bonds is 0. The first kappa shape index (κ1) is 10.9. The molecule has 1 nitrogen and oxygen atoms in total. The molecule has 0 unspecified atom stereocenters. The van der Waals surface area contributed by atoms with Crippen molar-refractivity contribution in [1.82, 2.24) is 0 Å². The summed E-state index contributed by atoms with van der Waals surface area (Å²) in [6, 6.07) is 3.50. The Morgan fingerprint density at radius 1 is 1.31 bits per heavy atom. The highest BCUT2D eigenvalue weighted by Gasteiger charge is 2.19. The molecule has 1 rings (SSSR count). The summed E-state index contributed by atoms with van der Waals surface area (Å²) >= 11 is 9.27. The van der Waals surface area contributed by atoms with Gasteiger partial charge in [-0.25, -0.2) is 0 Å². The predicted molar refractivity (Wildman–Crippen MR) is 59.5 cm³/mol. The monoisotopic (exact) mass is 262 g/mol. The van der Waals surface area contributed by atoms with Crippen LogP contribution in [0.3, 0.4) is 0 Å². The fourth-order valence-electron chi connectivity index (χ4n) is 1.12. The third kappa shape index (κ3) is 2.18. The van der Waals surface area contributed by atoms with Crippen LogP contribution in [-0.4, -0.2) is 5.11 Å². The maximum absolute atomic E-state index is 9.33. The number of hydrogen-bond acceptors (Lipinski definition) is 1. The Balaban J connectivity index is 3.35. The average Bonchev–Trinajstić information content (AvgIpc) is 1.98. The summed E-state index contributed by atoms with van der Waals surface area (Å²) in [4.78, 5) is 0.